The Hall–Kier alpha value is -2.70. The van der Waals surface area contributed by atoms with Crippen LogP contribution in [0, 0.1) is 0 Å². The molecule has 4 N–H and O–H groups in total. The molecule has 0 aliphatic carbocycles. The quantitative estimate of drug-likeness (QED) is 0.736. The van der Waals surface area contributed by atoms with Crippen LogP contribution in [0.5, 0.6) is 0 Å². The number of nitrogens with one attached hydrogen (secondary N) is 2. The molecule has 21 heavy (non-hydrogen) atoms. The van der Waals surface area contributed by atoms with Gasteiger partial charge in [-0.15, -0.1) is 5.10 Å². The van der Waals surface area contributed by atoms with E-state index in [1.165, 1.54) is 0 Å². The van der Waals surface area contributed by atoms with Gasteiger partial charge in [0.05, 0.1) is 6.42 Å². The second-order valence-corrected chi connectivity index (χ2v) is 4.65. The number of anilines is 1. The summed E-state index contributed by atoms with van der Waals surface area (Å²) in [6.07, 6.45) is 1.86. The Morgan fingerprint density at radius 3 is 2.62 bits per heavy atom. The van der Waals surface area contributed by atoms with Gasteiger partial charge in [-0.25, -0.2) is 4.98 Å². The van der Waals surface area contributed by atoms with Crippen LogP contribution in [0.4, 0.5) is 5.69 Å². The zero-order valence-electron chi connectivity index (χ0n) is 11.7. The summed E-state index contributed by atoms with van der Waals surface area (Å²) in [7, 11) is 0. The van der Waals surface area contributed by atoms with Crippen molar-refractivity contribution in [3.8, 4) is 0 Å². The average molecular weight is 287 g/mol. The summed E-state index contributed by atoms with van der Waals surface area (Å²) in [5.74, 6) is 0.0336. The molecule has 0 aliphatic heterocycles. The Morgan fingerprint density at radius 1 is 1.29 bits per heavy atom. The lowest BCUT2D eigenvalue weighted by Gasteiger charge is -2.03. The molecule has 7 heteroatoms. The minimum absolute atomic E-state index is 0.111. The highest BCUT2D eigenvalue weighted by Gasteiger charge is 2.12. The SMILES string of the molecule is CCCc1nc(C(=O)Nc2ccc(CC(N)=O)cc2)n[nH]1. The van der Waals surface area contributed by atoms with Gasteiger partial charge in [0, 0.05) is 12.1 Å². The highest BCUT2D eigenvalue weighted by molar-refractivity contribution is 6.01. The predicted molar refractivity (Wildman–Crippen MR) is 77.7 cm³/mol. The normalized spacial score (nSPS) is 10.3. The summed E-state index contributed by atoms with van der Waals surface area (Å²) in [6.45, 7) is 2.02. The second kappa shape index (κ2) is 6.65. The number of amides is 2. The molecular formula is C14H17N5O2. The van der Waals surface area contributed by atoms with Gasteiger partial charge >= 0.3 is 0 Å². The van der Waals surface area contributed by atoms with Crippen molar-refractivity contribution < 1.29 is 9.59 Å². The predicted octanol–water partition coefficient (Wildman–Crippen LogP) is 1.04. The molecule has 2 rings (SSSR count). The van der Waals surface area contributed by atoms with Crippen molar-refractivity contribution in [2.45, 2.75) is 26.2 Å². The Bertz CT molecular complexity index is 633. The Labute approximate surface area is 122 Å². The van der Waals surface area contributed by atoms with E-state index in [1.54, 1.807) is 24.3 Å². The first-order valence-corrected chi connectivity index (χ1v) is 6.68. The van der Waals surface area contributed by atoms with Gasteiger partial charge in [0.2, 0.25) is 11.7 Å². The maximum Gasteiger partial charge on any atom is 0.295 e. The Kier molecular flexibility index (Phi) is 4.65. The molecule has 1 aromatic heterocycles. The molecule has 0 saturated heterocycles. The largest absolute Gasteiger partial charge is 0.369 e. The standard InChI is InChI=1S/C14H17N5O2/c1-2-3-12-17-13(19-18-12)14(21)16-10-6-4-9(5-7-10)8-11(15)20/h4-7H,2-3,8H2,1H3,(H2,15,20)(H,16,21)(H,17,18,19). The van der Waals surface area contributed by atoms with Gasteiger partial charge in [0.15, 0.2) is 0 Å². The maximum absolute atomic E-state index is 12.0. The van der Waals surface area contributed by atoms with Crippen LogP contribution < -0.4 is 11.1 Å². The van der Waals surface area contributed by atoms with Gasteiger partial charge in [0.1, 0.15) is 5.82 Å². The van der Waals surface area contributed by atoms with Crippen LogP contribution in [0.2, 0.25) is 0 Å². The number of carbonyl (C=O) groups is 2. The molecule has 0 spiro atoms. The number of aromatic amines is 1. The van der Waals surface area contributed by atoms with Gasteiger partial charge in [-0.1, -0.05) is 19.1 Å². The van der Waals surface area contributed by atoms with Gasteiger partial charge in [0.25, 0.3) is 5.91 Å². The minimum Gasteiger partial charge on any atom is -0.369 e. The first-order valence-electron chi connectivity index (χ1n) is 6.68. The van der Waals surface area contributed by atoms with Crippen LogP contribution in [-0.2, 0) is 17.6 Å². The molecular weight excluding hydrogens is 270 g/mol. The molecule has 1 heterocycles. The van der Waals surface area contributed by atoms with Crippen LogP contribution in [0.3, 0.4) is 0 Å². The van der Waals surface area contributed by atoms with Crippen molar-refractivity contribution in [3.63, 3.8) is 0 Å². The van der Waals surface area contributed by atoms with E-state index < -0.39 is 5.91 Å². The Morgan fingerprint density at radius 2 is 2.00 bits per heavy atom. The van der Waals surface area contributed by atoms with E-state index in [-0.39, 0.29) is 18.2 Å². The molecule has 1 aromatic carbocycles. The number of hydrogen-bond acceptors (Lipinski definition) is 4. The number of benzene rings is 1. The number of nitrogens with zero attached hydrogens (tertiary/aromatic N) is 2. The van der Waals surface area contributed by atoms with Crippen molar-refractivity contribution >= 4 is 17.5 Å². The number of nitrogens with two attached hydrogens (primary N) is 1. The van der Waals surface area contributed by atoms with Crippen molar-refractivity contribution in [1.29, 1.82) is 0 Å². The Balaban J connectivity index is 1.99. The van der Waals surface area contributed by atoms with E-state index in [0.717, 1.165) is 18.4 Å². The molecule has 0 atom stereocenters. The zero-order chi connectivity index (χ0) is 15.2. The molecule has 0 saturated carbocycles. The summed E-state index contributed by atoms with van der Waals surface area (Å²) < 4.78 is 0. The third-order valence-electron chi connectivity index (χ3n) is 2.81. The number of aryl methyl sites for hydroxylation is 1. The number of primary amides is 1. The smallest absolute Gasteiger partial charge is 0.295 e. The fraction of sp³-hybridized carbons (Fsp3) is 0.286. The lowest BCUT2D eigenvalue weighted by atomic mass is 10.1. The molecule has 7 nitrogen and oxygen atoms in total. The van der Waals surface area contributed by atoms with Crippen molar-refractivity contribution in [2.75, 3.05) is 5.32 Å². The molecule has 2 aromatic rings. The molecule has 0 aliphatic rings. The van der Waals surface area contributed by atoms with E-state index in [9.17, 15) is 9.59 Å². The van der Waals surface area contributed by atoms with Crippen LogP contribution >= 0.6 is 0 Å². The van der Waals surface area contributed by atoms with Crippen LogP contribution in [-0.4, -0.2) is 27.0 Å². The highest BCUT2D eigenvalue weighted by atomic mass is 16.2. The fourth-order valence-electron chi connectivity index (χ4n) is 1.84. The number of carbonyl (C=O) groups excluding carboxylic acids is 2. The molecule has 110 valence electrons. The van der Waals surface area contributed by atoms with Crippen molar-refractivity contribution in [3.05, 3.63) is 41.5 Å². The van der Waals surface area contributed by atoms with Crippen molar-refractivity contribution in [1.82, 2.24) is 15.2 Å². The minimum atomic E-state index is -0.393. The molecule has 2 amide bonds. The summed E-state index contributed by atoms with van der Waals surface area (Å²) in [6, 6.07) is 6.88. The van der Waals surface area contributed by atoms with E-state index >= 15 is 0 Å². The van der Waals surface area contributed by atoms with Gasteiger partial charge in [-0.2, -0.15) is 0 Å². The van der Waals surface area contributed by atoms with Crippen LogP contribution in [0.25, 0.3) is 0 Å². The van der Waals surface area contributed by atoms with E-state index in [2.05, 4.69) is 20.5 Å². The highest BCUT2D eigenvalue weighted by Crippen LogP contribution is 2.11. The van der Waals surface area contributed by atoms with Crippen LogP contribution in [0.1, 0.15) is 35.4 Å². The molecule has 0 unspecified atom stereocenters. The zero-order valence-corrected chi connectivity index (χ0v) is 11.7. The van der Waals surface area contributed by atoms with E-state index in [4.69, 9.17) is 5.73 Å². The van der Waals surface area contributed by atoms with Crippen molar-refractivity contribution in [2.24, 2.45) is 5.73 Å². The van der Waals surface area contributed by atoms with Gasteiger partial charge in [-0.05, 0) is 24.1 Å². The average Bonchev–Trinajstić information content (AvgIpc) is 2.89. The lowest BCUT2D eigenvalue weighted by molar-refractivity contribution is -0.117. The first-order chi connectivity index (χ1) is 10.1. The van der Waals surface area contributed by atoms with Crippen LogP contribution in [0.15, 0.2) is 24.3 Å². The molecule has 0 radical (unpaired) electrons. The second-order valence-electron chi connectivity index (χ2n) is 4.65. The summed E-state index contributed by atoms with van der Waals surface area (Å²) >= 11 is 0. The summed E-state index contributed by atoms with van der Waals surface area (Å²) in [4.78, 5) is 26.9. The van der Waals surface area contributed by atoms with Gasteiger partial charge < -0.3 is 11.1 Å². The summed E-state index contributed by atoms with van der Waals surface area (Å²) in [5.41, 5.74) is 6.52. The molecule has 0 fully saturated rings. The third kappa shape index (κ3) is 4.13. The summed E-state index contributed by atoms with van der Waals surface area (Å²) in [5, 5.41) is 9.30. The topological polar surface area (TPSA) is 114 Å². The number of aromatic nitrogens is 3. The first kappa shape index (κ1) is 14.7. The third-order valence-corrected chi connectivity index (χ3v) is 2.81. The van der Waals surface area contributed by atoms with Gasteiger partial charge in [-0.3, -0.25) is 14.7 Å². The molecule has 0 bridgehead atoms. The van der Waals surface area contributed by atoms with E-state index in [1.807, 2.05) is 6.92 Å². The number of H-pyrrole nitrogens is 1. The lowest BCUT2D eigenvalue weighted by Crippen LogP contribution is -2.15. The fourth-order valence-corrected chi connectivity index (χ4v) is 1.84. The maximum atomic E-state index is 12.0. The van der Waals surface area contributed by atoms with E-state index in [0.29, 0.717) is 11.5 Å². The number of hydrogen-bond donors (Lipinski definition) is 3. The number of rotatable bonds is 6. The monoisotopic (exact) mass is 287 g/mol.